The molecule has 0 heterocycles. The molecule has 0 aliphatic rings. The molecule has 15 heavy (non-hydrogen) atoms. The molecule has 0 aromatic carbocycles. The van der Waals surface area contributed by atoms with Crippen LogP contribution in [0.1, 0.15) is 40.0 Å². The fraction of sp³-hybridized carbons (Fsp3) is 0.909. The summed E-state index contributed by atoms with van der Waals surface area (Å²) in [5, 5.41) is 2.95. The molecule has 4 heteroatoms. The Bertz CT molecular complexity index is 193. The molecule has 1 amide bonds. The molecule has 0 rings (SSSR count). The third-order valence-corrected chi connectivity index (χ3v) is 2.31. The predicted molar refractivity (Wildman–Crippen MR) is 61.6 cm³/mol. The van der Waals surface area contributed by atoms with Gasteiger partial charge in [0, 0.05) is 19.3 Å². The van der Waals surface area contributed by atoms with Crippen LogP contribution in [0.5, 0.6) is 0 Å². The third-order valence-electron chi connectivity index (χ3n) is 2.31. The summed E-state index contributed by atoms with van der Waals surface area (Å²) in [6.07, 6.45) is 2.56. The van der Waals surface area contributed by atoms with Gasteiger partial charge in [-0.05, 0) is 26.7 Å². The molecule has 3 N–H and O–H groups in total. The van der Waals surface area contributed by atoms with Gasteiger partial charge in [0.2, 0.25) is 5.91 Å². The number of rotatable bonds is 7. The van der Waals surface area contributed by atoms with Crippen molar-refractivity contribution >= 4 is 5.91 Å². The minimum atomic E-state index is -0.471. The van der Waals surface area contributed by atoms with Crippen molar-refractivity contribution in [1.82, 2.24) is 5.32 Å². The number of carbonyl (C=O) groups is 1. The van der Waals surface area contributed by atoms with E-state index in [2.05, 4.69) is 12.2 Å². The lowest BCUT2D eigenvalue weighted by atomic mass is 9.98. The van der Waals surface area contributed by atoms with Crippen LogP contribution in [0.2, 0.25) is 0 Å². The van der Waals surface area contributed by atoms with Crippen LogP contribution in [-0.4, -0.2) is 31.2 Å². The lowest BCUT2D eigenvalue weighted by Gasteiger charge is -2.27. The SMILES string of the molecule is CCCC(C)(C)NC(=O)C(N)CCOC. The van der Waals surface area contributed by atoms with Gasteiger partial charge in [-0.25, -0.2) is 0 Å². The maximum atomic E-state index is 11.6. The van der Waals surface area contributed by atoms with Gasteiger partial charge in [-0.3, -0.25) is 4.79 Å². The first-order chi connectivity index (χ1) is 6.93. The zero-order valence-electron chi connectivity index (χ0n) is 10.3. The minimum absolute atomic E-state index is 0.0921. The second kappa shape index (κ2) is 6.80. The number of hydrogen-bond donors (Lipinski definition) is 2. The van der Waals surface area contributed by atoms with Crippen LogP contribution in [0.15, 0.2) is 0 Å². The van der Waals surface area contributed by atoms with Crippen molar-refractivity contribution in [2.24, 2.45) is 5.73 Å². The van der Waals surface area contributed by atoms with Crippen molar-refractivity contribution in [1.29, 1.82) is 0 Å². The Hall–Kier alpha value is -0.610. The van der Waals surface area contributed by atoms with Gasteiger partial charge >= 0.3 is 0 Å². The predicted octanol–water partition coefficient (Wildman–Crippen LogP) is 1.05. The minimum Gasteiger partial charge on any atom is -0.385 e. The number of nitrogens with two attached hydrogens (primary N) is 1. The van der Waals surface area contributed by atoms with Crippen LogP contribution in [0.4, 0.5) is 0 Å². The van der Waals surface area contributed by atoms with Crippen molar-refractivity contribution in [2.45, 2.75) is 51.6 Å². The quantitative estimate of drug-likeness (QED) is 0.668. The van der Waals surface area contributed by atoms with Gasteiger partial charge < -0.3 is 15.8 Å². The van der Waals surface area contributed by atoms with Gasteiger partial charge in [-0.2, -0.15) is 0 Å². The Morgan fingerprint density at radius 3 is 2.60 bits per heavy atom. The second-order valence-corrected chi connectivity index (χ2v) is 4.51. The standard InChI is InChI=1S/C11H24N2O2/c1-5-7-11(2,3)13-10(14)9(12)6-8-15-4/h9H,5-8,12H2,1-4H3,(H,13,14). The van der Waals surface area contributed by atoms with E-state index < -0.39 is 6.04 Å². The largest absolute Gasteiger partial charge is 0.385 e. The van der Waals surface area contributed by atoms with Crippen LogP contribution < -0.4 is 11.1 Å². The van der Waals surface area contributed by atoms with Gasteiger partial charge in [-0.1, -0.05) is 13.3 Å². The molecule has 0 aliphatic carbocycles. The highest BCUT2D eigenvalue weighted by Gasteiger charge is 2.22. The van der Waals surface area contributed by atoms with Crippen LogP contribution >= 0.6 is 0 Å². The lowest BCUT2D eigenvalue weighted by molar-refractivity contribution is -0.124. The number of nitrogens with one attached hydrogen (secondary N) is 1. The summed E-state index contributed by atoms with van der Waals surface area (Å²) in [5.74, 6) is -0.0921. The molecule has 0 aliphatic heterocycles. The monoisotopic (exact) mass is 216 g/mol. The van der Waals surface area contributed by atoms with Gasteiger partial charge in [0.25, 0.3) is 0 Å². The Kier molecular flexibility index (Phi) is 6.52. The van der Waals surface area contributed by atoms with E-state index in [1.54, 1.807) is 7.11 Å². The summed E-state index contributed by atoms with van der Waals surface area (Å²) >= 11 is 0. The van der Waals surface area contributed by atoms with Crippen molar-refractivity contribution in [3.05, 3.63) is 0 Å². The van der Waals surface area contributed by atoms with Crippen molar-refractivity contribution in [3.8, 4) is 0 Å². The number of amides is 1. The molecule has 4 nitrogen and oxygen atoms in total. The molecule has 0 saturated heterocycles. The van der Waals surface area contributed by atoms with Crippen molar-refractivity contribution in [3.63, 3.8) is 0 Å². The van der Waals surface area contributed by atoms with Crippen LogP contribution in [0.3, 0.4) is 0 Å². The first-order valence-electron chi connectivity index (χ1n) is 5.49. The van der Waals surface area contributed by atoms with Gasteiger partial charge in [0.1, 0.15) is 0 Å². The number of carbonyl (C=O) groups excluding carboxylic acids is 1. The summed E-state index contributed by atoms with van der Waals surface area (Å²) in [6.45, 7) is 6.64. The average molecular weight is 216 g/mol. The normalized spacial score (nSPS) is 13.7. The fourth-order valence-corrected chi connectivity index (χ4v) is 1.49. The highest BCUT2D eigenvalue weighted by Crippen LogP contribution is 2.10. The summed E-state index contributed by atoms with van der Waals surface area (Å²) < 4.78 is 4.88. The van der Waals surface area contributed by atoms with Crippen molar-refractivity contribution < 1.29 is 9.53 Å². The van der Waals surface area contributed by atoms with E-state index in [1.807, 2.05) is 13.8 Å². The third kappa shape index (κ3) is 6.47. The van der Waals surface area contributed by atoms with Gasteiger partial charge in [0.15, 0.2) is 0 Å². The number of ether oxygens (including phenoxy) is 1. The molecular weight excluding hydrogens is 192 g/mol. The number of methoxy groups -OCH3 is 1. The molecule has 0 spiro atoms. The van der Waals surface area contributed by atoms with E-state index in [4.69, 9.17) is 10.5 Å². The molecule has 1 atom stereocenters. The molecule has 90 valence electrons. The van der Waals surface area contributed by atoms with Gasteiger partial charge in [0.05, 0.1) is 6.04 Å². The highest BCUT2D eigenvalue weighted by molar-refractivity contribution is 5.82. The topological polar surface area (TPSA) is 64.4 Å². The average Bonchev–Trinajstić information content (AvgIpc) is 2.13. The Labute approximate surface area is 92.6 Å². The summed E-state index contributed by atoms with van der Waals surface area (Å²) in [6, 6.07) is -0.471. The Balaban J connectivity index is 4.00. The summed E-state index contributed by atoms with van der Waals surface area (Å²) in [4.78, 5) is 11.6. The van der Waals surface area contributed by atoms with Crippen LogP contribution in [-0.2, 0) is 9.53 Å². The molecule has 0 aromatic rings. The van der Waals surface area contributed by atoms with Crippen LogP contribution in [0, 0.1) is 0 Å². The Morgan fingerprint density at radius 2 is 2.13 bits per heavy atom. The fourth-order valence-electron chi connectivity index (χ4n) is 1.49. The maximum absolute atomic E-state index is 11.6. The maximum Gasteiger partial charge on any atom is 0.237 e. The zero-order valence-corrected chi connectivity index (χ0v) is 10.3. The van der Waals surface area contributed by atoms with Crippen molar-refractivity contribution in [2.75, 3.05) is 13.7 Å². The van der Waals surface area contributed by atoms with E-state index in [1.165, 1.54) is 0 Å². The van der Waals surface area contributed by atoms with E-state index >= 15 is 0 Å². The molecular formula is C11H24N2O2. The second-order valence-electron chi connectivity index (χ2n) is 4.51. The van der Waals surface area contributed by atoms with E-state index in [9.17, 15) is 4.79 Å². The zero-order chi connectivity index (χ0) is 11.9. The molecule has 0 aromatic heterocycles. The first kappa shape index (κ1) is 14.4. The van der Waals surface area contributed by atoms with Crippen LogP contribution in [0.25, 0.3) is 0 Å². The molecule has 0 saturated carbocycles. The first-order valence-corrected chi connectivity index (χ1v) is 5.49. The summed E-state index contributed by atoms with van der Waals surface area (Å²) in [5.41, 5.74) is 5.54. The Morgan fingerprint density at radius 1 is 1.53 bits per heavy atom. The van der Waals surface area contributed by atoms with E-state index in [0.29, 0.717) is 13.0 Å². The molecule has 1 unspecified atom stereocenters. The lowest BCUT2D eigenvalue weighted by Crippen LogP contribution is -2.50. The summed E-state index contributed by atoms with van der Waals surface area (Å²) in [7, 11) is 1.60. The smallest absolute Gasteiger partial charge is 0.237 e. The van der Waals surface area contributed by atoms with Gasteiger partial charge in [-0.15, -0.1) is 0 Å². The number of hydrogen-bond acceptors (Lipinski definition) is 3. The van der Waals surface area contributed by atoms with E-state index in [-0.39, 0.29) is 11.4 Å². The molecule has 0 bridgehead atoms. The van der Waals surface area contributed by atoms with E-state index in [0.717, 1.165) is 12.8 Å². The molecule has 0 radical (unpaired) electrons. The highest BCUT2D eigenvalue weighted by atomic mass is 16.5. The molecule has 0 fully saturated rings.